The van der Waals surface area contributed by atoms with Gasteiger partial charge in [-0.2, -0.15) is 0 Å². The Morgan fingerprint density at radius 3 is 2.81 bits per heavy atom. The van der Waals surface area contributed by atoms with E-state index in [1.54, 1.807) is 48.0 Å². The molecule has 0 saturated carbocycles. The number of carbonyl (C=O) groups excluding carboxylic acids is 1. The van der Waals surface area contributed by atoms with E-state index in [1.807, 2.05) is 0 Å². The molecule has 0 fully saturated rings. The Hall–Kier alpha value is -2.02. The number of nitrogens with one attached hydrogen (secondary N) is 1. The molecule has 1 aromatic carbocycles. The zero-order valence-corrected chi connectivity index (χ0v) is 15.7. The maximum absolute atomic E-state index is 12.5. The van der Waals surface area contributed by atoms with Crippen LogP contribution in [0.25, 0.3) is 16.2 Å². The summed E-state index contributed by atoms with van der Waals surface area (Å²) in [7, 11) is -4.75. The Labute approximate surface area is 158 Å². The van der Waals surface area contributed by atoms with Crippen LogP contribution in [0.2, 0.25) is 5.02 Å². The molecule has 3 N–H and O–H groups in total. The number of aromatic nitrogens is 1. The lowest BCUT2D eigenvalue weighted by Crippen LogP contribution is -2.25. The molecule has 1 atom stereocenters. The van der Waals surface area contributed by atoms with Crippen molar-refractivity contribution in [3.05, 3.63) is 70.5 Å². The Bertz CT molecular complexity index is 1020. The Morgan fingerprint density at radius 2 is 2.12 bits per heavy atom. The number of halogens is 1. The molecule has 2 aromatic heterocycles. The SMILES string of the molecule is O=C(N/C=C/c1ccccn1)C(c1csc2ccc(Cl)cc12)P(=O)(O)O. The molecule has 0 aliphatic rings. The molecule has 0 bridgehead atoms. The van der Waals surface area contributed by atoms with Gasteiger partial charge >= 0.3 is 7.60 Å². The number of hydrogen-bond acceptors (Lipinski definition) is 4. The largest absolute Gasteiger partial charge is 0.342 e. The zero-order valence-electron chi connectivity index (χ0n) is 13.2. The average Bonchev–Trinajstić information content (AvgIpc) is 2.97. The average molecular weight is 409 g/mol. The molecule has 0 aliphatic heterocycles. The Kier molecular flexibility index (Phi) is 5.55. The van der Waals surface area contributed by atoms with Gasteiger partial charge in [0.1, 0.15) is 0 Å². The van der Waals surface area contributed by atoms with Gasteiger partial charge in [-0.05, 0) is 52.7 Å². The molecule has 6 nitrogen and oxygen atoms in total. The summed E-state index contributed by atoms with van der Waals surface area (Å²) >= 11 is 7.28. The van der Waals surface area contributed by atoms with Gasteiger partial charge in [0.25, 0.3) is 0 Å². The molecule has 9 heteroatoms. The summed E-state index contributed by atoms with van der Waals surface area (Å²) < 4.78 is 12.8. The summed E-state index contributed by atoms with van der Waals surface area (Å²) in [5.74, 6) is -0.801. The van der Waals surface area contributed by atoms with Gasteiger partial charge in [-0.1, -0.05) is 17.7 Å². The first-order valence-corrected chi connectivity index (χ1v) is 10.4. The predicted octanol–water partition coefficient (Wildman–Crippen LogP) is 3.96. The maximum atomic E-state index is 12.5. The highest BCUT2D eigenvalue weighted by Gasteiger charge is 2.38. The summed E-state index contributed by atoms with van der Waals surface area (Å²) in [5, 5.41) is 4.98. The number of thiophene rings is 1. The third kappa shape index (κ3) is 4.20. The van der Waals surface area contributed by atoms with Crippen molar-refractivity contribution in [1.82, 2.24) is 10.3 Å². The number of hydrogen-bond donors (Lipinski definition) is 3. The molecule has 1 amide bonds. The standard InChI is InChI=1S/C17H14ClN2O4PS/c18-11-4-5-15-13(9-11)14(10-26-15)16(25(22,23)24)17(21)20-8-6-12-3-1-2-7-19-12/h1-10,16H,(H,20,21)(H2,22,23,24)/b8-6+. The molecule has 3 rings (SSSR count). The normalized spacial score (nSPS) is 13.2. The van der Waals surface area contributed by atoms with Gasteiger partial charge in [-0.25, -0.2) is 0 Å². The van der Waals surface area contributed by atoms with Crippen LogP contribution in [0.4, 0.5) is 0 Å². The first-order chi connectivity index (χ1) is 12.4. The van der Waals surface area contributed by atoms with Crippen molar-refractivity contribution in [3.8, 4) is 0 Å². The van der Waals surface area contributed by atoms with Gasteiger partial charge in [0, 0.05) is 22.1 Å². The van der Waals surface area contributed by atoms with E-state index in [9.17, 15) is 19.1 Å². The monoisotopic (exact) mass is 408 g/mol. The van der Waals surface area contributed by atoms with Crippen LogP contribution in [0.15, 0.2) is 54.2 Å². The fourth-order valence-corrected chi connectivity index (χ4v) is 4.67. The molecule has 134 valence electrons. The first-order valence-electron chi connectivity index (χ1n) is 7.46. The van der Waals surface area contributed by atoms with E-state index in [4.69, 9.17) is 11.6 Å². The van der Waals surface area contributed by atoms with E-state index in [-0.39, 0.29) is 5.56 Å². The van der Waals surface area contributed by atoms with Crippen LogP contribution >= 0.6 is 30.5 Å². The van der Waals surface area contributed by atoms with Gasteiger partial charge in [0.2, 0.25) is 5.91 Å². The molecule has 2 heterocycles. The predicted molar refractivity (Wildman–Crippen MR) is 103 cm³/mol. The molecule has 0 saturated heterocycles. The van der Waals surface area contributed by atoms with Crippen LogP contribution in [0.3, 0.4) is 0 Å². The van der Waals surface area contributed by atoms with Gasteiger partial charge in [-0.3, -0.25) is 14.3 Å². The summed E-state index contributed by atoms with van der Waals surface area (Å²) in [6, 6.07) is 10.3. The fraction of sp³-hybridized carbons (Fsp3) is 0.0588. The third-order valence-corrected chi connectivity index (χ3v) is 6.01. The van der Waals surface area contributed by atoms with E-state index in [0.717, 1.165) is 4.70 Å². The van der Waals surface area contributed by atoms with Crippen molar-refractivity contribution >= 4 is 52.6 Å². The van der Waals surface area contributed by atoms with Crippen LogP contribution in [0.5, 0.6) is 0 Å². The van der Waals surface area contributed by atoms with Crippen LogP contribution in [0.1, 0.15) is 16.9 Å². The minimum atomic E-state index is -4.75. The number of rotatable bonds is 5. The second kappa shape index (κ2) is 7.70. The van der Waals surface area contributed by atoms with Gasteiger partial charge in [0.05, 0.1) is 5.69 Å². The Balaban J connectivity index is 1.91. The number of benzene rings is 1. The lowest BCUT2D eigenvalue weighted by molar-refractivity contribution is -0.120. The second-order valence-electron chi connectivity index (χ2n) is 5.42. The van der Waals surface area contributed by atoms with Crippen LogP contribution in [-0.4, -0.2) is 20.7 Å². The minimum absolute atomic E-state index is 0.254. The summed E-state index contributed by atoms with van der Waals surface area (Å²) in [6.07, 6.45) is 4.45. The van der Waals surface area contributed by atoms with Crippen molar-refractivity contribution in [2.75, 3.05) is 0 Å². The van der Waals surface area contributed by atoms with E-state index in [0.29, 0.717) is 16.1 Å². The molecular formula is C17H14ClN2O4PS. The van der Waals surface area contributed by atoms with Gasteiger partial charge in [0.15, 0.2) is 5.66 Å². The van der Waals surface area contributed by atoms with Crippen molar-refractivity contribution in [1.29, 1.82) is 0 Å². The fourth-order valence-electron chi connectivity index (χ4n) is 2.47. The molecule has 0 aliphatic carbocycles. The summed E-state index contributed by atoms with van der Waals surface area (Å²) in [6.45, 7) is 0. The molecule has 1 unspecified atom stereocenters. The smallest absolute Gasteiger partial charge is 0.331 e. The molecule has 0 radical (unpaired) electrons. The lowest BCUT2D eigenvalue weighted by Gasteiger charge is -2.16. The summed E-state index contributed by atoms with van der Waals surface area (Å²) in [5.41, 5.74) is -0.763. The number of pyridine rings is 1. The van der Waals surface area contributed by atoms with E-state index >= 15 is 0 Å². The van der Waals surface area contributed by atoms with Crippen LogP contribution < -0.4 is 5.32 Å². The lowest BCUT2D eigenvalue weighted by atomic mass is 10.1. The highest BCUT2D eigenvalue weighted by atomic mass is 35.5. The van der Waals surface area contributed by atoms with Crippen molar-refractivity contribution in [2.45, 2.75) is 5.66 Å². The van der Waals surface area contributed by atoms with Gasteiger partial charge < -0.3 is 15.1 Å². The topological polar surface area (TPSA) is 99.5 Å². The molecule has 26 heavy (non-hydrogen) atoms. The van der Waals surface area contributed by atoms with Crippen molar-refractivity contribution < 1.29 is 19.1 Å². The van der Waals surface area contributed by atoms with Crippen LogP contribution in [0, 0.1) is 0 Å². The number of fused-ring (bicyclic) bond motifs is 1. The molecule has 3 aromatic rings. The van der Waals surface area contributed by atoms with Gasteiger partial charge in [-0.15, -0.1) is 11.3 Å². The quantitative estimate of drug-likeness (QED) is 0.555. The molecule has 0 spiro atoms. The maximum Gasteiger partial charge on any atom is 0.342 e. The highest BCUT2D eigenvalue weighted by Crippen LogP contribution is 2.54. The first kappa shape index (κ1) is 18.8. The van der Waals surface area contributed by atoms with E-state index < -0.39 is 19.2 Å². The molecular weight excluding hydrogens is 395 g/mol. The third-order valence-electron chi connectivity index (χ3n) is 3.61. The van der Waals surface area contributed by atoms with E-state index in [1.165, 1.54) is 23.6 Å². The van der Waals surface area contributed by atoms with Crippen molar-refractivity contribution in [2.24, 2.45) is 0 Å². The Morgan fingerprint density at radius 1 is 1.31 bits per heavy atom. The minimum Gasteiger partial charge on any atom is -0.331 e. The number of carbonyl (C=O) groups is 1. The van der Waals surface area contributed by atoms with Crippen molar-refractivity contribution in [3.63, 3.8) is 0 Å². The van der Waals surface area contributed by atoms with E-state index in [2.05, 4.69) is 10.3 Å². The highest BCUT2D eigenvalue weighted by molar-refractivity contribution is 7.53. The number of amides is 1. The van der Waals surface area contributed by atoms with Crippen LogP contribution in [-0.2, 0) is 9.36 Å². The zero-order chi connectivity index (χ0) is 18.7. The number of nitrogens with zero attached hydrogens (tertiary/aromatic N) is 1. The summed E-state index contributed by atoms with van der Waals surface area (Å²) in [4.78, 5) is 36.1. The second-order valence-corrected chi connectivity index (χ2v) is 8.46.